The lowest BCUT2D eigenvalue weighted by Crippen LogP contribution is -2.28. The summed E-state index contributed by atoms with van der Waals surface area (Å²) in [4.78, 5) is 18.8. The highest BCUT2D eigenvalue weighted by atomic mass is 16.6. The summed E-state index contributed by atoms with van der Waals surface area (Å²) in [5.74, 6) is -0.0164. The molecule has 6 heteroatoms. The van der Waals surface area contributed by atoms with Gasteiger partial charge in [-0.05, 0) is 6.42 Å². The number of carbonyl (C=O) groups is 1. The average Bonchev–Trinajstić information content (AvgIpc) is 3.23. The molecule has 0 saturated carbocycles. The Balaban J connectivity index is 2.00. The number of rotatable bonds is 18. The van der Waals surface area contributed by atoms with Crippen LogP contribution in [0.25, 0.3) is 0 Å². The van der Waals surface area contributed by atoms with Crippen molar-refractivity contribution in [2.45, 2.75) is 109 Å². The molecule has 0 bridgehead atoms. The number of carbonyl (C=O) groups excluding carboxylic acids is 1. The summed E-state index contributed by atoms with van der Waals surface area (Å²) >= 11 is 0. The van der Waals surface area contributed by atoms with Gasteiger partial charge in [0.25, 0.3) is 0 Å². The molecule has 0 aliphatic carbocycles. The first-order valence-corrected chi connectivity index (χ1v) is 11.2. The first-order chi connectivity index (χ1) is 13.7. The summed E-state index contributed by atoms with van der Waals surface area (Å²) in [6.45, 7) is 1.76. The Morgan fingerprint density at radius 2 is 1.54 bits per heavy atom. The van der Waals surface area contributed by atoms with Gasteiger partial charge in [0, 0.05) is 18.8 Å². The maximum Gasteiger partial charge on any atom is 0.306 e. The number of aliphatic hydroxyl groups is 2. The second kappa shape index (κ2) is 16.5. The van der Waals surface area contributed by atoms with Crippen LogP contribution in [0.5, 0.6) is 0 Å². The zero-order chi connectivity index (χ0) is 20.5. The molecule has 0 aromatic carbocycles. The number of aromatic amines is 1. The molecule has 0 aliphatic rings. The molecule has 0 spiro atoms. The van der Waals surface area contributed by atoms with Crippen molar-refractivity contribution >= 4 is 5.97 Å². The molecule has 0 radical (unpaired) electrons. The van der Waals surface area contributed by atoms with Gasteiger partial charge in [0.05, 0.1) is 6.61 Å². The molecule has 0 saturated heterocycles. The van der Waals surface area contributed by atoms with E-state index in [1.807, 2.05) is 0 Å². The third-order valence-electron chi connectivity index (χ3n) is 5.07. The normalized spacial score (nSPS) is 13.4. The molecule has 1 rings (SSSR count). The van der Waals surface area contributed by atoms with Crippen molar-refractivity contribution < 1.29 is 19.7 Å². The summed E-state index contributed by atoms with van der Waals surface area (Å²) in [6.07, 6.45) is 17.6. The van der Waals surface area contributed by atoms with Crippen LogP contribution in [0.4, 0.5) is 0 Å². The molecule has 0 amide bonds. The molecule has 1 heterocycles. The number of aliphatic hydroxyl groups excluding tert-OH is 2. The number of aromatic nitrogens is 2. The quantitative estimate of drug-likeness (QED) is 0.244. The number of H-pyrrole nitrogens is 1. The molecule has 162 valence electrons. The Kier molecular flexibility index (Phi) is 14.6. The fraction of sp³-hybridized carbons (Fsp3) is 0.818. The summed E-state index contributed by atoms with van der Waals surface area (Å²) in [5.41, 5.74) is 0. The van der Waals surface area contributed by atoms with Gasteiger partial charge in [0.2, 0.25) is 0 Å². The minimum Gasteiger partial charge on any atom is -0.451 e. The number of nitrogens with zero attached hydrogens (tertiary/aromatic N) is 1. The van der Waals surface area contributed by atoms with Gasteiger partial charge in [0.1, 0.15) is 11.9 Å². The van der Waals surface area contributed by atoms with Gasteiger partial charge in [-0.25, -0.2) is 4.98 Å². The van der Waals surface area contributed by atoms with Crippen molar-refractivity contribution in [1.29, 1.82) is 0 Å². The number of hydrogen-bond donors (Lipinski definition) is 3. The third-order valence-corrected chi connectivity index (χ3v) is 5.07. The number of unbranched alkanes of at least 4 members (excludes halogenated alkanes) is 12. The van der Waals surface area contributed by atoms with Crippen molar-refractivity contribution in [3.63, 3.8) is 0 Å². The molecule has 1 aromatic heterocycles. The van der Waals surface area contributed by atoms with Crippen LogP contribution in [0.1, 0.15) is 109 Å². The molecular formula is C22H40N2O4. The van der Waals surface area contributed by atoms with Crippen LogP contribution in [0, 0.1) is 0 Å². The van der Waals surface area contributed by atoms with Gasteiger partial charge in [-0.15, -0.1) is 0 Å². The molecule has 6 nitrogen and oxygen atoms in total. The minimum absolute atomic E-state index is 0.327. The van der Waals surface area contributed by atoms with E-state index < -0.39 is 18.8 Å². The highest BCUT2D eigenvalue weighted by Gasteiger charge is 2.26. The van der Waals surface area contributed by atoms with Crippen LogP contribution >= 0.6 is 0 Å². The largest absolute Gasteiger partial charge is 0.451 e. The molecule has 1 aromatic rings. The summed E-state index contributed by atoms with van der Waals surface area (Å²) in [7, 11) is 0. The standard InChI is InChI=1S/C22H40N2O4/c1-2-3-4-5-6-7-8-9-10-11-12-13-14-15-20(27)28-21(19(26)18-25)22-23-16-17-24-22/h16-17,19,21,25-26H,2-15,18H2,1H3,(H,23,24). The second-order valence-electron chi connectivity index (χ2n) is 7.63. The third kappa shape index (κ3) is 11.4. The van der Waals surface area contributed by atoms with Crippen molar-refractivity contribution in [2.24, 2.45) is 0 Å². The Bertz CT molecular complexity index is 479. The van der Waals surface area contributed by atoms with E-state index >= 15 is 0 Å². The Morgan fingerprint density at radius 3 is 2.00 bits per heavy atom. The number of imidazole rings is 1. The molecule has 2 unspecified atom stereocenters. The van der Waals surface area contributed by atoms with Gasteiger partial charge in [-0.1, -0.05) is 84.0 Å². The van der Waals surface area contributed by atoms with E-state index in [1.54, 1.807) is 6.20 Å². The van der Waals surface area contributed by atoms with Crippen molar-refractivity contribution in [2.75, 3.05) is 6.61 Å². The molecular weight excluding hydrogens is 356 g/mol. The van der Waals surface area contributed by atoms with E-state index in [0.29, 0.717) is 12.2 Å². The maximum atomic E-state index is 12.0. The number of ether oxygens (including phenoxy) is 1. The van der Waals surface area contributed by atoms with Crippen molar-refractivity contribution in [1.82, 2.24) is 9.97 Å². The maximum absolute atomic E-state index is 12.0. The van der Waals surface area contributed by atoms with Crippen LogP contribution in [0.2, 0.25) is 0 Å². The SMILES string of the molecule is CCCCCCCCCCCCCCCC(=O)OC(c1ncc[nH]1)C(O)CO. The van der Waals surface area contributed by atoms with Crippen LogP contribution < -0.4 is 0 Å². The molecule has 0 aliphatic heterocycles. The van der Waals surface area contributed by atoms with E-state index in [0.717, 1.165) is 19.3 Å². The number of esters is 1. The van der Waals surface area contributed by atoms with Crippen LogP contribution in [-0.2, 0) is 9.53 Å². The summed E-state index contributed by atoms with van der Waals surface area (Å²) in [5, 5.41) is 19.0. The van der Waals surface area contributed by atoms with E-state index in [-0.39, 0.29) is 5.97 Å². The highest BCUT2D eigenvalue weighted by molar-refractivity contribution is 5.69. The summed E-state index contributed by atoms with van der Waals surface area (Å²) in [6, 6.07) is 0. The van der Waals surface area contributed by atoms with E-state index in [2.05, 4.69) is 16.9 Å². The van der Waals surface area contributed by atoms with E-state index in [4.69, 9.17) is 9.84 Å². The average molecular weight is 397 g/mol. The second-order valence-corrected chi connectivity index (χ2v) is 7.63. The highest BCUT2D eigenvalue weighted by Crippen LogP contribution is 2.19. The molecule has 0 fully saturated rings. The first-order valence-electron chi connectivity index (χ1n) is 11.2. The molecule has 28 heavy (non-hydrogen) atoms. The lowest BCUT2D eigenvalue weighted by atomic mass is 10.0. The van der Waals surface area contributed by atoms with E-state index in [9.17, 15) is 9.90 Å². The number of nitrogens with one attached hydrogen (secondary N) is 1. The van der Waals surface area contributed by atoms with Gasteiger partial charge < -0.3 is 19.9 Å². The lowest BCUT2D eigenvalue weighted by molar-refractivity contribution is -0.158. The minimum atomic E-state index is -1.18. The van der Waals surface area contributed by atoms with Gasteiger partial charge >= 0.3 is 5.97 Å². The smallest absolute Gasteiger partial charge is 0.306 e. The van der Waals surface area contributed by atoms with Crippen LogP contribution in [0.3, 0.4) is 0 Å². The van der Waals surface area contributed by atoms with Gasteiger partial charge in [-0.2, -0.15) is 0 Å². The monoisotopic (exact) mass is 396 g/mol. The Labute approximate surface area is 170 Å². The predicted octanol–water partition coefficient (Wildman–Crippen LogP) is 4.83. The van der Waals surface area contributed by atoms with Gasteiger partial charge in [-0.3, -0.25) is 4.79 Å². The zero-order valence-electron chi connectivity index (χ0n) is 17.6. The Morgan fingerprint density at radius 1 is 1.00 bits per heavy atom. The zero-order valence-corrected chi connectivity index (χ0v) is 17.6. The van der Waals surface area contributed by atoms with E-state index in [1.165, 1.54) is 70.4 Å². The fourth-order valence-corrected chi connectivity index (χ4v) is 3.33. The van der Waals surface area contributed by atoms with Crippen LogP contribution in [0.15, 0.2) is 12.4 Å². The van der Waals surface area contributed by atoms with Crippen molar-refractivity contribution in [3.05, 3.63) is 18.2 Å². The summed E-state index contributed by atoms with van der Waals surface area (Å²) < 4.78 is 5.31. The Hall–Kier alpha value is -1.40. The molecule has 2 atom stereocenters. The fourth-order valence-electron chi connectivity index (χ4n) is 3.33. The van der Waals surface area contributed by atoms with Crippen molar-refractivity contribution in [3.8, 4) is 0 Å². The predicted molar refractivity (Wildman–Crippen MR) is 111 cm³/mol. The first kappa shape index (κ1) is 24.6. The number of hydrogen-bond acceptors (Lipinski definition) is 5. The molecule has 3 N–H and O–H groups in total. The lowest BCUT2D eigenvalue weighted by Gasteiger charge is -2.19. The van der Waals surface area contributed by atoms with Gasteiger partial charge in [0.15, 0.2) is 6.10 Å². The topological polar surface area (TPSA) is 95.4 Å². The van der Waals surface area contributed by atoms with Crippen LogP contribution in [-0.4, -0.2) is 38.9 Å².